The molecule has 1 aromatic heterocycles. The highest BCUT2D eigenvalue weighted by Gasteiger charge is 2.48. The van der Waals surface area contributed by atoms with Crippen molar-refractivity contribution in [1.82, 2.24) is 9.97 Å². The molecule has 1 saturated carbocycles. The highest BCUT2D eigenvalue weighted by atomic mass is 19.1. The summed E-state index contributed by atoms with van der Waals surface area (Å²) in [6.07, 6.45) is 2.23. The van der Waals surface area contributed by atoms with Gasteiger partial charge >= 0.3 is 5.97 Å². The average Bonchev–Trinajstić information content (AvgIpc) is 2.98. The molecule has 1 aliphatic rings. The van der Waals surface area contributed by atoms with Gasteiger partial charge in [0.15, 0.2) is 5.69 Å². The van der Waals surface area contributed by atoms with Crippen molar-refractivity contribution >= 4 is 11.8 Å². The number of carbonyl (C=O) groups is 1. The molecule has 0 bridgehead atoms. The van der Waals surface area contributed by atoms with Gasteiger partial charge in [-0.1, -0.05) is 0 Å². The third-order valence-electron chi connectivity index (χ3n) is 2.75. The van der Waals surface area contributed by atoms with E-state index in [1.165, 1.54) is 6.07 Å². The van der Waals surface area contributed by atoms with Crippen molar-refractivity contribution in [2.24, 2.45) is 0 Å². The number of alkyl halides is 1. The molecular weight excluding hydrogens is 213 g/mol. The molecule has 0 aromatic carbocycles. The highest BCUT2D eigenvalue weighted by molar-refractivity contribution is 5.86. The highest BCUT2D eigenvalue weighted by Crippen LogP contribution is 2.43. The number of rotatable bonds is 4. The quantitative estimate of drug-likeness (QED) is 0.811. The van der Waals surface area contributed by atoms with Crippen LogP contribution in [0, 0.1) is 0 Å². The Balaban J connectivity index is 2.09. The molecule has 1 aromatic rings. The van der Waals surface area contributed by atoms with Gasteiger partial charge < -0.3 is 10.4 Å². The summed E-state index contributed by atoms with van der Waals surface area (Å²) < 4.78 is 13.6. The summed E-state index contributed by atoms with van der Waals surface area (Å²) in [7, 11) is 0. The van der Waals surface area contributed by atoms with E-state index in [-0.39, 0.29) is 11.7 Å². The van der Waals surface area contributed by atoms with Gasteiger partial charge in [-0.15, -0.1) is 0 Å². The van der Waals surface area contributed by atoms with E-state index in [9.17, 15) is 9.18 Å². The van der Waals surface area contributed by atoms with Crippen molar-refractivity contribution in [1.29, 1.82) is 0 Å². The maximum atomic E-state index is 13.6. The van der Waals surface area contributed by atoms with Crippen LogP contribution in [0.2, 0.25) is 0 Å². The number of carboxylic acid groups (broad SMARTS) is 1. The molecule has 0 saturated heterocycles. The Labute approximate surface area is 91.7 Å². The average molecular weight is 225 g/mol. The predicted molar refractivity (Wildman–Crippen MR) is 55.1 cm³/mol. The molecule has 1 heterocycles. The van der Waals surface area contributed by atoms with E-state index in [0.717, 1.165) is 6.33 Å². The Bertz CT molecular complexity index is 420. The van der Waals surface area contributed by atoms with Crippen LogP contribution < -0.4 is 5.32 Å². The predicted octanol–water partition coefficient (Wildman–Crippen LogP) is 1.48. The van der Waals surface area contributed by atoms with E-state index in [0.29, 0.717) is 18.7 Å². The molecule has 16 heavy (non-hydrogen) atoms. The molecule has 0 aliphatic heterocycles. The minimum Gasteiger partial charge on any atom is -0.477 e. The van der Waals surface area contributed by atoms with Crippen molar-refractivity contribution in [2.75, 3.05) is 5.32 Å². The first-order valence-corrected chi connectivity index (χ1v) is 5.02. The van der Waals surface area contributed by atoms with Gasteiger partial charge in [-0.2, -0.15) is 0 Å². The maximum absolute atomic E-state index is 13.6. The van der Waals surface area contributed by atoms with Gasteiger partial charge in [0, 0.05) is 6.07 Å². The fourth-order valence-corrected chi connectivity index (χ4v) is 1.46. The fraction of sp³-hybridized carbons (Fsp3) is 0.500. The van der Waals surface area contributed by atoms with E-state index in [1.54, 1.807) is 6.92 Å². The van der Waals surface area contributed by atoms with E-state index >= 15 is 0 Å². The van der Waals surface area contributed by atoms with Crippen LogP contribution in [0.3, 0.4) is 0 Å². The third kappa shape index (κ3) is 2.10. The van der Waals surface area contributed by atoms with Crippen molar-refractivity contribution < 1.29 is 14.3 Å². The van der Waals surface area contributed by atoms with Crippen molar-refractivity contribution in [3.63, 3.8) is 0 Å². The summed E-state index contributed by atoms with van der Waals surface area (Å²) in [4.78, 5) is 18.1. The number of hydrogen-bond donors (Lipinski definition) is 2. The lowest BCUT2D eigenvalue weighted by Gasteiger charge is -2.17. The minimum absolute atomic E-state index is 0.103. The summed E-state index contributed by atoms with van der Waals surface area (Å²) in [5.41, 5.74) is -1.28. The van der Waals surface area contributed by atoms with Gasteiger partial charge in [0.05, 0.1) is 6.04 Å². The number of halogens is 1. The van der Waals surface area contributed by atoms with Crippen LogP contribution in [0.1, 0.15) is 30.3 Å². The molecule has 5 nitrogen and oxygen atoms in total. The summed E-state index contributed by atoms with van der Waals surface area (Å²) in [5.74, 6) is -0.789. The Morgan fingerprint density at radius 3 is 2.88 bits per heavy atom. The first-order valence-electron chi connectivity index (χ1n) is 5.02. The Hall–Kier alpha value is -1.72. The normalized spacial score (nSPS) is 18.9. The lowest BCUT2D eigenvalue weighted by molar-refractivity contribution is 0.0690. The molecule has 0 radical (unpaired) electrons. The van der Waals surface area contributed by atoms with Crippen molar-refractivity contribution in [3.8, 4) is 0 Å². The van der Waals surface area contributed by atoms with Crippen LogP contribution >= 0.6 is 0 Å². The monoisotopic (exact) mass is 225 g/mol. The van der Waals surface area contributed by atoms with E-state index in [2.05, 4.69) is 15.3 Å². The topological polar surface area (TPSA) is 75.1 Å². The Kier molecular flexibility index (Phi) is 2.49. The first-order chi connectivity index (χ1) is 7.51. The van der Waals surface area contributed by atoms with Crippen LogP contribution in [0.4, 0.5) is 10.2 Å². The summed E-state index contributed by atoms with van der Waals surface area (Å²) in [5, 5.41) is 11.6. The smallest absolute Gasteiger partial charge is 0.354 e. The molecule has 1 fully saturated rings. The summed E-state index contributed by atoms with van der Waals surface area (Å²) in [6.45, 7) is 1.72. The molecule has 0 spiro atoms. The van der Waals surface area contributed by atoms with Gasteiger partial charge in [-0.25, -0.2) is 19.2 Å². The van der Waals surface area contributed by atoms with E-state index in [1.807, 2.05) is 0 Å². The zero-order valence-electron chi connectivity index (χ0n) is 8.77. The number of aromatic carboxylic acids is 1. The molecule has 2 rings (SSSR count). The summed E-state index contributed by atoms with van der Waals surface area (Å²) >= 11 is 0. The molecule has 86 valence electrons. The zero-order chi connectivity index (χ0) is 11.8. The standard InChI is InChI=1S/C10H12FN3O2/c1-6(10(11)2-3-10)14-8-4-7(9(15)16)12-5-13-8/h4-6H,2-3H2,1H3,(H,15,16)(H,12,13,14). The number of nitrogens with zero attached hydrogens (tertiary/aromatic N) is 2. The van der Waals surface area contributed by atoms with Gasteiger partial charge in [0.25, 0.3) is 0 Å². The third-order valence-corrected chi connectivity index (χ3v) is 2.75. The fourth-order valence-electron chi connectivity index (χ4n) is 1.46. The maximum Gasteiger partial charge on any atom is 0.354 e. The second-order valence-electron chi connectivity index (χ2n) is 3.99. The van der Waals surface area contributed by atoms with Gasteiger partial charge in [0.2, 0.25) is 0 Å². The van der Waals surface area contributed by atoms with Gasteiger partial charge in [0.1, 0.15) is 17.8 Å². The molecule has 6 heteroatoms. The lowest BCUT2D eigenvalue weighted by atomic mass is 10.2. The molecule has 1 aliphatic carbocycles. The number of hydrogen-bond acceptors (Lipinski definition) is 4. The SMILES string of the molecule is CC(Nc1cc(C(=O)O)ncn1)C1(F)CC1. The second-order valence-corrected chi connectivity index (χ2v) is 3.99. The van der Waals surface area contributed by atoms with Crippen molar-refractivity contribution in [3.05, 3.63) is 18.1 Å². The van der Waals surface area contributed by atoms with Crippen LogP contribution in [0.15, 0.2) is 12.4 Å². The van der Waals surface area contributed by atoms with E-state index < -0.39 is 11.6 Å². The van der Waals surface area contributed by atoms with Crippen LogP contribution in [-0.4, -0.2) is 32.8 Å². The largest absolute Gasteiger partial charge is 0.477 e. The lowest BCUT2D eigenvalue weighted by Crippen LogP contribution is -2.29. The number of carboxylic acids is 1. The Morgan fingerprint density at radius 2 is 2.31 bits per heavy atom. The minimum atomic E-state index is -1.17. The first kappa shape index (κ1) is 10.8. The van der Waals surface area contributed by atoms with Crippen molar-refractivity contribution in [2.45, 2.75) is 31.5 Å². The van der Waals surface area contributed by atoms with E-state index in [4.69, 9.17) is 5.11 Å². The molecule has 2 N–H and O–H groups in total. The summed E-state index contributed by atoms with van der Waals surface area (Å²) in [6, 6.07) is 0.925. The number of aromatic nitrogens is 2. The van der Waals surface area contributed by atoms with Gasteiger partial charge in [-0.05, 0) is 19.8 Å². The zero-order valence-corrected chi connectivity index (χ0v) is 8.77. The van der Waals surface area contributed by atoms with Crippen LogP contribution in [0.5, 0.6) is 0 Å². The number of nitrogens with one attached hydrogen (secondary N) is 1. The van der Waals surface area contributed by atoms with Gasteiger partial charge in [-0.3, -0.25) is 0 Å². The Morgan fingerprint density at radius 1 is 1.62 bits per heavy atom. The molecule has 1 atom stereocenters. The molecule has 0 amide bonds. The number of anilines is 1. The second kappa shape index (κ2) is 3.70. The van der Waals surface area contributed by atoms with Crippen LogP contribution in [-0.2, 0) is 0 Å². The molecular formula is C10H12FN3O2. The van der Waals surface area contributed by atoms with Crippen LogP contribution in [0.25, 0.3) is 0 Å². The molecule has 1 unspecified atom stereocenters.